The predicted octanol–water partition coefficient (Wildman–Crippen LogP) is 3.47. The maximum absolute atomic E-state index is 5.89. The van der Waals surface area contributed by atoms with Gasteiger partial charge in [-0.3, -0.25) is 0 Å². The average molecular weight is 319 g/mol. The van der Waals surface area contributed by atoms with Crippen molar-refractivity contribution in [3.8, 4) is 0 Å². The van der Waals surface area contributed by atoms with E-state index in [-0.39, 0.29) is 0 Å². The van der Waals surface area contributed by atoms with Crippen molar-refractivity contribution in [1.82, 2.24) is 0 Å². The van der Waals surface area contributed by atoms with Gasteiger partial charge in [0.25, 0.3) is 0 Å². The molecule has 4 nitrogen and oxygen atoms in total. The Balaban J connectivity index is 4.92. The van der Waals surface area contributed by atoms with Crippen LogP contribution in [-0.4, -0.2) is 43.5 Å². The smallest absolute Gasteiger partial charge is 0.364 e. The van der Waals surface area contributed by atoms with Crippen LogP contribution in [0.2, 0.25) is 12.1 Å². The van der Waals surface area contributed by atoms with E-state index in [1.807, 2.05) is 39.1 Å². The second-order valence-corrected chi connectivity index (χ2v) is 10.5. The van der Waals surface area contributed by atoms with Crippen LogP contribution in [0.25, 0.3) is 0 Å². The molecule has 0 unspecified atom stereocenters. The second kappa shape index (κ2) is 10.5. The third-order valence-electron chi connectivity index (χ3n) is 3.00. The van der Waals surface area contributed by atoms with Gasteiger partial charge in [-0.2, -0.15) is 0 Å². The molecule has 0 rings (SSSR count). The fourth-order valence-electron chi connectivity index (χ4n) is 2.14. The molecule has 0 saturated carbocycles. The Morgan fingerprint density at radius 2 is 0.900 bits per heavy atom. The molecule has 6 heteroatoms. The average Bonchev–Trinajstić information content (AvgIpc) is 2.45. The minimum absolute atomic E-state index is 0.629. The summed E-state index contributed by atoms with van der Waals surface area (Å²) in [5.41, 5.74) is 3.72. The van der Waals surface area contributed by atoms with Crippen LogP contribution in [-0.2, 0) is 17.7 Å². The molecule has 0 radical (unpaired) electrons. The van der Waals surface area contributed by atoms with Gasteiger partial charge in [-0.05, 0) is 51.2 Å². The zero-order chi connectivity index (χ0) is 15.5. The van der Waals surface area contributed by atoms with Crippen molar-refractivity contribution in [2.24, 2.45) is 0 Å². The molecule has 118 valence electrons. The van der Waals surface area contributed by atoms with Crippen LogP contribution in [0.4, 0.5) is 0 Å². The van der Waals surface area contributed by atoms with Crippen LogP contribution in [0, 0.1) is 0 Å². The summed E-state index contributed by atoms with van der Waals surface area (Å²) in [6.07, 6.45) is 0. The normalized spacial score (nSPS) is 12.4. The number of rotatable bonds is 13. The molecule has 0 N–H and O–H groups in total. The Labute approximate surface area is 126 Å². The van der Waals surface area contributed by atoms with Crippen LogP contribution >= 0.6 is 0 Å². The summed E-state index contributed by atoms with van der Waals surface area (Å²) in [6, 6.07) is 1.58. The lowest BCUT2D eigenvalue weighted by Gasteiger charge is -2.31. The van der Waals surface area contributed by atoms with Gasteiger partial charge in [0.1, 0.15) is 0 Å². The predicted molar refractivity (Wildman–Crippen MR) is 88.0 cm³/mol. The quantitative estimate of drug-likeness (QED) is 0.487. The van der Waals surface area contributed by atoms with Crippen LogP contribution in [0.5, 0.6) is 0 Å². The molecule has 0 aliphatic heterocycles. The van der Waals surface area contributed by atoms with E-state index in [9.17, 15) is 0 Å². The van der Waals surface area contributed by atoms with Crippen molar-refractivity contribution >= 4 is 17.1 Å². The largest absolute Gasteiger partial charge is 0.392 e. The molecular formula is C14H30O4Si2. The van der Waals surface area contributed by atoms with Crippen molar-refractivity contribution in [3.05, 3.63) is 24.6 Å². The lowest BCUT2D eigenvalue weighted by molar-refractivity contribution is 0.183. The van der Waals surface area contributed by atoms with Gasteiger partial charge in [0.2, 0.25) is 0 Å². The molecule has 0 bridgehead atoms. The molecule has 0 aliphatic carbocycles. The van der Waals surface area contributed by atoms with Gasteiger partial charge in [0, 0.05) is 26.4 Å². The molecule has 0 spiro atoms. The minimum Gasteiger partial charge on any atom is -0.392 e. The van der Waals surface area contributed by atoms with Gasteiger partial charge in [0.15, 0.2) is 0 Å². The molecule has 0 saturated heterocycles. The monoisotopic (exact) mass is 318 g/mol. The molecule has 0 aliphatic rings. The first-order valence-corrected chi connectivity index (χ1v) is 11.6. The molecule has 0 aromatic carbocycles. The molecule has 0 aromatic rings. The first kappa shape index (κ1) is 19.8. The molecule has 0 amide bonds. The van der Waals surface area contributed by atoms with Gasteiger partial charge in [-0.25, -0.2) is 0 Å². The standard InChI is InChI=1S/C14H30O4Si2/c1-7-15-19(11-5,16-8-2)13-14-20(12-6,17-9-3)18-10-4/h11-12H,5-10,13-14H2,1-4H3. The zero-order valence-electron chi connectivity index (χ0n) is 13.4. The third-order valence-corrected chi connectivity index (χ3v) is 9.75. The summed E-state index contributed by atoms with van der Waals surface area (Å²) in [6.45, 7) is 18.3. The summed E-state index contributed by atoms with van der Waals surface area (Å²) in [5, 5.41) is 0. The van der Waals surface area contributed by atoms with Crippen molar-refractivity contribution in [2.45, 2.75) is 39.8 Å². The van der Waals surface area contributed by atoms with Gasteiger partial charge in [-0.1, -0.05) is 0 Å². The SMILES string of the molecule is C=C[Si](CC[Si](C=C)(OCC)OCC)(OCC)OCC. The van der Waals surface area contributed by atoms with Crippen molar-refractivity contribution in [1.29, 1.82) is 0 Å². The fraction of sp³-hybridized carbons (Fsp3) is 0.714. The second-order valence-electron chi connectivity index (χ2n) is 4.26. The van der Waals surface area contributed by atoms with Crippen LogP contribution in [0.15, 0.2) is 24.6 Å². The minimum atomic E-state index is -2.36. The van der Waals surface area contributed by atoms with Crippen molar-refractivity contribution < 1.29 is 17.7 Å². The van der Waals surface area contributed by atoms with Gasteiger partial charge >= 0.3 is 17.1 Å². The summed E-state index contributed by atoms with van der Waals surface area (Å²) < 4.78 is 23.6. The maximum Gasteiger partial charge on any atom is 0.364 e. The van der Waals surface area contributed by atoms with E-state index in [1.54, 1.807) is 0 Å². The topological polar surface area (TPSA) is 36.9 Å². The lowest BCUT2D eigenvalue weighted by Crippen LogP contribution is -2.46. The van der Waals surface area contributed by atoms with Crippen molar-refractivity contribution in [3.63, 3.8) is 0 Å². The molecule has 0 atom stereocenters. The lowest BCUT2D eigenvalue weighted by atomic mass is 10.9. The van der Waals surface area contributed by atoms with Crippen LogP contribution in [0.1, 0.15) is 27.7 Å². The van der Waals surface area contributed by atoms with E-state index in [2.05, 4.69) is 13.2 Å². The zero-order valence-corrected chi connectivity index (χ0v) is 15.4. The van der Waals surface area contributed by atoms with Gasteiger partial charge in [0.05, 0.1) is 0 Å². The molecule has 0 aromatic heterocycles. The molecule has 20 heavy (non-hydrogen) atoms. The van der Waals surface area contributed by atoms with E-state index in [4.69, 9.17) is 17.7 Å². The Morgan fingerprint density at radius 1 is 0.650 bits per heavy atom. The molecule has 0 fully saturated rings. The highest BCUT2D eigenvalue weighted by Gasteiger charge is 2.41. The fourth-order valence-corrected chi connectivity index (χ4v) is 8.50. The first-order valence-electron chi connectivity index (χ1n) is 7.40. The highest BCUT2D eigenvalue weighted by atomic mass is 28.4. The van der Waals surface area contributed by atoms with Gasteiger partial charge in [-0.15, -0.1) is 13.2 Å². The summed E-state index contributed by atoms with van der Waals surface area (Å²) >= 11 is 0. The Bertz CT molecular complexity index is 244. The third kappa shape index (κ3) is 6.03. The number of hydrogen-bond acceptors (Lipinski definition) is 4. The summed E-state index contributed by atoms with van der Waals surface area (Å²) in [7, 11) is -4.73. The van der Waals surface area contributed by atoms with E-state index in [0.29, 0.717) is 26.4 Å². The molecular weight excluding hydrogens is 288 g/mol. The Hall–Kier alpha value is -0.246. The first-order chi connectivity index (χ1) is 9.57. The Morgan fingerprint density at radius 3 is 1.05 bits per heavy atom. The number of hydrogen-bond donors (Lipinski definition) is 0. The van der Waals surface area contributed by atoms with Gasteiger partial charge < -0.3 is 17.7 Å². The highest BCUT2D eigenvalue weighted by Crippen LogP contribution is 2.25. The summed E-state index contributed by atoms with van der Waals surface area (Å²) in [5.74, 6) is 0. The van der Waals surface area contributed by atoms with E-state index >= 15 is 0 Å². The Kier molecular flexibility index (Phi) is 10.3. The van der Waals surface area contributed by atoms with Crippen molar-refractivity contribution in [2.75, 3.05) is 26.4 Å². The van der Waals surface area contributed by atoms with Crippen LogP contribution < -0.4 is 0 Å². The highest BCUT2D eigenvalue weighted by molar-refractivity contribution is 6.77. The van der Waals surface area contributed by atoms with E-state index in [0.717, 1.165) is 12.1 Å². The summed E-state index contributed by atoms with van der Waals surface area (Å²) in [4.78, 5) is 0. The van der Waals surface area contributed by atoms with Crippen LogP contribution in [0.3, 0.4) is 0 Å². The maximum atomic E-state index is 5.89. The molecule has 0 heterocycles. The van der Waals surface area contributed by atoms with E-state index < -0.39 is 17.1 Å². The van der Waals surface area contributed by atoms with E-state index in [1.165, 1.54) is 0 Å².